The minimum atomic E-state index is -0.596. The molecule has 0 saturated carbocycles. The van der Waals surface area contributed by atoms with Gasteiger partial charge in [0.1, 0.15) is 17.1 Å². The van der Waals surface area contributed by atoms with Gasteiger partial charge in [-0.2, -0.15) is 0 Å². The zero-order valence-corrected chi connectivity index (χ0v) is 17.9. The number of hydrogen-bond acceptors (Lipinski definition) is 4. The molecule has 1 saturated heterocycles. The van der Waals surface area contributed by atoms with Crippen LogP contribution in [0.3, 0.4) is 0 Å². The molecule has 0 spiro atoms. The molecule has 150 valence electrons. The molecular formula is C22H14Cl2N2O3S. The number of thiocarbonyl (C=S) groups is 1. The molecule has 0 radical (unpaired) electrons. The summed E-state index contributed by atoms with van der Waals surface area (Å²) in [5.74, 6) is -0.249. The monoisotopic (exact) mass is 456 g/mol. The van der Waals surface area contributed by atoms with Gasteiger partial charge in [-0.1, -0.05) is 41.4 Å². The van der Waals surface area contributed by atoms with Gasteiger partial charge < -0.3 is 4.42 Å². The van der Waals surface area contributed by atoms with Crippen molar-refractivity contribution < 1.29 is 14.0 Å². The van der Waals surface area contributed by atoms with Crippen molar-refractivity contribution in [2.45, 2.75) is 6.92 Å². The topological polar surface area (TPSA) is 62.6 Å². The molecule has 0 atom stereocenters. The van der Waals surface area contributed by atoms with E-state index >= 15 is 0 Å². The van der Waals surface area contributed by atoms with E-state index < -0.39 is 11.8 Å². The standard InChI is InChI=1S/C22H14Cl2N2O3S/c1-12-17(24)6-3-7-18(12)26-21(28)16(20(27)25-22(26)30)11-15-8-9-19(29-15)13-4-2-5-14(23)10-13/h2-11H,1H3,(H,25,27,30)/b16-11+. The molecule has 3 aromatic rings. The first kappa shape index (κ1) is 20.3. The Hall–Kier alpha value is -2.93. The van der Waals surface area contributed by atoms with Crippen LogP contribution in [0.5, 0.6) is 0 Å². The average Bonchev–Trinajstić information content (AvgIpc) is 3.17. The minimum absolute atomic E-state index is 0.00780. The van der Waals surface area contributed by atoms with Gasteiger partial charge in [-0.25, -0.2) is 0 Å². The van der Waals surface area contributed by atoms with E-state index in [9.17, 15) is 9.59 Å². The van der Waals surface area contributed by atoms with Crippen LogP contribution < -0.4 is 10.2 Å². The van der Waals surface area contributed by atoms with Crippen LogP contribution >= 0.6 is 35.4 Å². The average molecular weight is 457 g/mol. The molecule has 5 nitrogen and oxygen atoms in total. The normalized spacial score (nSPS) is 15.6. The zero-order valence-electron chi connectivity index (χ0n) is 15.6. The van der Waals surface area contributed by atoms with Crippen LogP contribution in [0.2, 0.25) is 10.0 Å². The first-order chi connectivity index (χ1) is 14.3. The SMILES string of the molecule is Cc1c(Cl)cccc1N1C(=O)/C(=C/c2ccc(-c3cccc(Cl)c3)o2)C(=O)NC1=S. The quantitative estimate of drug-likeness (QED) is 0.325. The Kier molecular flexibility index (Phi) is 5.47. The van der Waals surface area contributed by atoms with Crippen molar-refractivity contribution in [3.05, 3.63) is 81.5 Å². The molecule has 1 fully saturated rings. The molecule has 1 N–H and O–H groups in total. The number of rotatable bonds is 3. The smallest absolute Gasteiger partial charge is 0.270 e. The Labute approximate surface area is 187 Å². The fourth-order valence-corrected chi connectivity index (χ4v) is 3.72. The van der Waals surface area contributed by atoms with E-state index in [0.717, 1.165) is 5.56 Å². The number of halogens is 2. The molecule has 1 aliphatic rings. The lowest BCUT2D eigenvalue weighted by Crippen LogP contribution is -2.54. The van der Waals surface area contributed by atoms with Crippen molar-refractivity contribution in [1.82, 2.24) is 5.32 Å². The first-order valence-electron chi connectivity index (χ1n) is 8.87. The van der Waals surface area contributed by atoms with Gasteiger partial charge in [0.15, 0.2) is 5.11 Å². The Bertz CT molecular complexity index is 1230. The van der Waals surface area contributed by atoms with Gasteiger partial charge in [0, 0.05) is 15.6 Å². The number of benzene rings is 2. The molecule has 2 amide bonds. The lowest BCUT2D eigenvalue weighted by molar-refractivity contribution is -0.122. The Morgan fingerprint density at radius 1 is 1.07 bits per heavy atom. The third-order valence-electron chi connectivity index (χ3n) is 4.60. The largest absolute Gasteiger partial charge is 0.457 e. The summed E-state index contributed by atoms with van der Waals surface area (Å²) in [6.07, 6.45) is 1.39. The highest BCUT2D eigenvalue weighted by molar-refractivity contribution is 7.80. The zero-order chi connectivity index (χ0) is 21.4. The second-order valence-electron chi connectivity index (χ2n) is 6.55. The highest BCUT2D eigenvalue weighted by Crippen LogP contribution is 2.30. The molecule has 2 aromatic carbocycles. The van der Waals surface area contributed by atoms with Crippen LogP contribution in [0, 0.1) is 6.92 Å². The number of hydrogen-bond donors (Lipinski definition) is 1. The Morgan fingerprint density at radius 2 is 1.83 bits per heavy atom. The summed E-state index contributed by atoms with van der Waals surface area (Å²) in [7, 11) is 0. The summed E-state index contributed by atoms with van der Waals surface area (Å²) < 4.78 is 5.80. The fourth-order valence-electron chi connectivity index (χ4n) is 3.08. The van der Waals surface area contributed by atoms with Crippen LogP contribution in [0.25, 0.3) is 17.4 Å². The Morgan fingerprint density at radius 3 is 2.60 bits per heavy atom. The highest BCUT2D eigenvalue weighted by atomic mass is 35.5. The molecule has 4 rings (SSSR count). The van der Waals surface area contributed by atoms with Crippen LogP contribution in [0.15, 0.2) is 64.6 Å². The molecule has 8 heteroatoms. The third kappa shape index (κ3) is 3.77. The summed E-state index contributed by atoms with van der Waals surface area (Å²) in [6, 6.07) is 15.7. The van der Waals surface area contributed by atoms with E-state index in [1.807, 2.05) is 12.1 Å². The second kappa shape index (κ2) is 8.07. The number of furan rings is 1. The van der Waals surface area contributed by atoms with Gasteiger partial charge in [-0.3, -0.25) is 19.8 Å². The molecular weight excluding hydrogens is 443 g/mol. The van der Waals surface area contributed by atoms with Crippen LogP contribution in [0.4, 0.5) is 5.69 Å². The van der Waals surface area contributed by atoms with E-state index in [1.54, 1.807) is 49.4 Å². The van der Waals surface area contributed by atoms with Crippen molar-refractivity contribution >= 4 is 64.1 Å². The summed E-state index contributed by atoms with van der Waals surface area (Å²) in [6.45, 7) is 1.77. The van der Waals surface area contributed by atoms with E-state index in [0.29, 0.717) is 32.8 Å². The van der Waals surface area contributed by atoms with Gasteiger partial charge in [-0.05, 0) is 67.2 Å². The molecule has 1 aromatic heterocycles. The van der Waals surface area contributed by atoms with Gasteiger partial charge in [0.05, 0.1) is 5.69 Å². The van der Waals surface area contributed by atoms with Crippen LogP contribution in [-0.4, -0.2) is 16.9 Å². The number of nitrogens with zero attached hydrogens (tertiary/aromatic N) is 1. The van der Waals surface area contributed by atoms with Crippen LogP contribution in [0.1, 0.15) is 11.3 Å². The summed E-state index contributed by atoms with van der Waals surface area (Å²) in [5.41, 5.74) is 1.85. The summed E-state index contributed by atoms with van der Waals surface area (Å²) >= 11 is 17.4. The van der Waals surface area contributed by atoms with Gasteiger partial charge >= 0.3 is 0 Å². The maximum atomic E-state index is 13.1. The molecule has 2 heterocycles. The van der Waals surface area contributed by atoms with Gasteiger partial charge in [0.2, 0.25) is 0 Å². The number of nitrogens with one attached hydrogen (secondary N) is 1. The molecule has 0 unspecified atom stereocenters. The summed E-state index contributed by atoms with van der Waals surface area (Å²) in [4.78, 5) is 26.9. The van der Waals surface area contributed by atoms with Crippen molar-refractivity contribution in [3.8, 4) is 11.3 Å². The van der Waals surface area contributed by atoms with Crippen molar-refractivity contribution in [1.29, 1.82) is 0 Å². The van der Waals surface area contributed by atoms with Crippen molar-refractivity contribution in [2.24, 2.45) is 0 Å². The van der Waals surface area contributed by atoms with E-state index in [-0.39, 0.29) is 10.7 Å². The number of carbonyl (C=O) groups excluding carboxylic acids is 2. The Balaban J connectivity index is 1.71. The van der Waals surface area contributed by atoms with Gasteiger partial charge in [0.25, 0.3) is 11.8 Å². The predicted octanol–water partition coefficient (Wildman–Crippen LogP) is 5.39. The first-order valence-corrected chi connectivity index (χ1v) is 10.0. The lowest BCUT2D eigenvalue weighted by atomic mass is 10.1. The fraction of sp³-hybridized carbons (Fsp3) is 0.0455. The molecule has 0 bridgehead atoms. The number of anilines is 1. The maximum Gasteiger partial charge on any atom is 0.270 e. The second-order valence-corrected chi connectivity index (χ2v) is 7.78. The molecule has 0 aliphatic carbocycles. The van der Waals surface area contributed by atoms with E-state index in [4.69, 9.17) is 39.8 Å². The highest BCUT2D eigenvalue weighted by Gasteiger charge is 2.35. The number of amides is 2. The van der Waals surface area contributed by atoms with E-state index in [2.05, 4.69) is 5.32 Å². The minimum Gasteiger partial charge on any atom is -0.457 e. The van der Waals surface area contributed by atoms with Gasteiger partial charge in [-0.15, -0.1) is 0 Å². The number of carbonyl (C=O) groups is 2. The van der Waals surface area contributed by atoms with Crippen LogP contribution in [-0.2, 0) is 9.59 Å². The van der Waals surface area contributed by atoms with Crippen molar-refractivity contribution in [3.63, 3.8) is 0 Å². The molecule has 1 aliphatic heterocycles. The lowest BCUT2D eigenvalue weighted by Gasteiger charge is -2.30. The van der Waals surface area contributed by atoms with E-state index in [1.165, 1.54) is 11.0 Å². The maximum absolute atomic E-state index is 13.1. The predicted molar refractivity (Wildman–Crippen MR) is 122 cm³/mol. The third-order valence-corrected chi connectivity index (χ3v) is 5.53. The summed E-state index contributed by atoms with van der Waals surface area (Å²) in [5, 5.41) is 3.60. The van der Waals surface area contributed by atoms with Crippen molar-refractivity contribution in [2.75, 3.05) is 4.90 Å². The molecule has 30 heavy (non-hydrogen) atoms.